The van der Waals surface area contributed by atoms with E-state index >= 15 is 0 Å². The Balaban J connectivity index is 1.94. The van der Waals surface area contributed by atoms with Crippen LogP contribution in [0.5, 0.6) is 0 Å². The smallest absolute Gasteiger partial charge is 0.119 e. The van der Waals surface area contributed by atoms with Gasteiger partial charge in [0, 0.05) is 0 Å². The molecule has 5 aliphatic carbocycles. The second-order valence-corrected chi connectivity index (χ2v) is 9.91. The first-order valence-electron chi connectivity index (χ1n) is 6.02. The standard InChI is InChI=1S/C12H8Cl6/c13-8-9(14)5-3-1-2-4(5)7-6(3)10(8,15)12(17,18)11(7,9)16/h1-8H/t3-,4+,5?,6+,7-,8?,9-,10+,11-/m0/s1. The molecule has 0 aromatic heterocycles. The molecule has 0 radical (unpaired) electrons. The molecule has 0 aliphatic heterocycles. The Morgan fingerprint density at radius 3 is 1.89 bits per heavy atom. The Morgan fingerprint density at radius 1 is 0.722 bits per heavy atom. The molecule has 0 heterocycles. The number of alkyl halides is 6. The molecular weight excluding hydrogens is 357 g/mol. The lowest BCUT2D eigenvalue weighted by Crippen LogP contribution is -2.63. The number of halogens is 6. The van der Waals surface area contributed by atoms with Gasteiger partial charge in [-0.25, -0.2) is 0 Å². The van der Waals surface area contributed by atoms with Crippen molar-refractivity contribution in [3.63, 3.8) is 0 Å². The van der Waals surface area contributed by atoms with Crippen molar-refractivity contribution in [2.75, 3.05) is 0 Å². The molecule has 0 N–H and O–H groups in total. The van der Waals surface area contributed by atoms with Gasteiger partial charge in [-0.2, -0.15) is 0 Å². The molecule has 6 bridgehead atoms. The molecule has 6 heteroatoms. The van der Waals surface area contributed by atoms with Crippen LogP contribution in [0.3, 0.4) is 0 Å². The normalized spacial score (nSPS) is 76.1. The van der Waals surface area contributed by atoms with E-state index in [0.29, 0.717) is 11.8 Å². The van der Waals surface area contributed by atoms with Crippen LogP contribution in [0.4, 0.5) is 0 Å². The molecule has 2 unspecified atom stereocenters. The maximum atomic E-state index is 6.92. The van der Waals surface area contributed by atoms with E-state index in [-0.39, 0.29) is 17.8 Å². The molecule has 98 valence electrons. The van der Waals surface area contributed by atoms with Gasteiger partial charge in [0.1, 0.15) is 9.75 Å². The summed E-state index contributed by atoms with van der Waals surface area (Å²) in [5.41, 5.74) is 0. The zero-order chi connectivity index (χ0) is 12.9. The molecule has 9 atom stereocenters. The van der Waals surface area contributed by atoms with Crippen LogP contribution in [0.2, 0.25) is 0 Å². The van der Waals surface area contributed by atoms with Crippen molar-refractivity contribution in [2.45, 2.75) is 24.3 Å². The van der Waals surface area contributed by atoms with Gasteiger partial charge in [0.25, 0.3) is 0 Å². The number of allylic oxidation sites excluding steroid dienone is 2. The summed E-state index contributed by atoms with van der Waals surface area (Å²) in [4.78, 5) is -2.65. The zero-order valence-corrected chi connectivity index (χ0v) is 13.4. The number of hydrogen-bond donors (Lipinski definition) is 0. The molecule has 0 nitrogen and oxygen atoms in total. The van der Waals surface area contributed by atoms with Crippen LogP contribution in [-0.2, 0) is 0 Å². The second kappa shape index (κ2) is 2.73. The van der Waals surface area contributed by atoms with Crippen molar-refractivity contribution in [3.8, 4) is 0 Å². The largest absolute Gasteiger partial charge is 0.160 e. The van der Waals surface area contributed by atoms with Crippen molar-refractivity contribution in [1.82, 2.24) is 0 Å². The summed E-state index contributed by atoms with van der Waals surface area (Å²) in [6, 6.07) is 0. The summed E-state index contributed by atoms with van der Waals surface area (Å²) >= 11 is 40.5. The van der Waals surface area contributed by atoms with Crippen LogP contribution in [0, 0.1) is 29.6 Å². The van der Waals surface area contributed by atoms with Crippen molar-refractivity contribution in [3.05, 3.63) is 12.2 Å². The predicted molar refractivity (Wildman–Crippen MR) is 76.4 cm³/mol. The molecule has 0 spiro atoms. The topological polar surface area (TPSA) is 0 Å². The molecule has 18 heavy (non-hydrogen) atoms. The highest BCUT2D eigenvalue weighted by Crippen LogP contribution is 2.92. The van der Waals surface area contributed by atoms with E-state index in [1.165, 1.54) is 0 Å². The molecule has 5 aliphatic rings. The highest BCUT2D eigenvalue weighted by atomic mass is 35.5. The average Bonchev–Trinajstić information content (AvgIpc) is 2.96. The third-order valence-corrected chi connectivity index (χ3v) is 11.3. The van der Waals surface area contributed by atoms with Crippen LogP contribution in [0.1, 0.15) is 0 Å². The Kier molecular flexibility index (Phi) is 1.83. The Hall–Kier alpha value is 1.48. The fourth-order valence-corrected chi connectivity index (χ4v) is 9.99. The Morgan fingerprint density at radius 2 is 1.28 bits per heavy atom. The SMILES string of the molecule is ClC1[C@@]2(Cl)C3[C@H]4C=C[C@@H]3[C@@H]3[C@H]4[C@@]2(Cl)C(Cl)(Cl)[C@]13Cl. The molecule has 4 fully saturated rings. The summed E-state index contributed by atoms with van der Waals surface area (Å²) in [5, 5.41) is -0.492. The van der Waals surface area contributed by atoms with Gasteiger partial charge in [0.05, 0.1) is 10.3 Å². The number of fused-ring (bicyclic) bond motifs is 3. The van der Waals surface area contributed by atoms with E-state index in [9.17, 15) is 0 Å². The second-order valence-electron chi connectivity index (χ2n) is 6.30. The summed E-state index contributed by atoms with van der Waals surface area (Å²) in [6.07, 6.45) is 4.42. The van der Waals surface area contributed by atoms with Gasteiger partial charge in [-0.1, -0.05) is 35.4 Å². The van der Waals surface area contributed by atoms with Gasteiger partial charge in [-0.05, 0) is 29.6 Å². The van der Waals surface area contributed by atoms with Gasteiger partial charge < -0.3 is 0 Å². The highest BCUT2D eigenvalue weighted by molar-refractivity contribution is 6.63. The average molecular weight is 365 g/mol. The molecule has 0 amide bonds. The monoisotopic (exact) mass is 362 g/mol. The lowest BCUT2D eigenvalue weighted by molar-refractivity contribution is 0.146. The maximum absolute atomic E-state index is 6.92. The van der Waals surface area contributed by atoms with E-state index in [0.717, 1.165) is 0 Å². The number of hydrogen-bond acceptors (Lipinski definition) is 0. The number of rotatable bonds is 0. The molecular formula is C12H8Cl6. The van der Waals surface area contributed by atoms with Crippen LogP contribution in [0.25, 0.3) is 0 Å². The minimum absolute atomic E-state index is 0.148. The van der Waals surface area contributed by atoms with Crippen LogP contribution >= 0.6 is 69.6 Å². The summed E-state index contributed by atoms with van der Waals surface area (Å²) in [6.45, 7) is 0. The predicted octanol–water partition coefficient (Wildman–Crippen LogP) is 4.41. The lowest BCUT2D eigenvalue weighted by atomic mass is 9.63. The highest BCUT2D eigenvalue weighted by Gasteiger charge is 3.00. The molecule has 5 rings (SSSR count). The summed E-state index contributed by atoms with van der Waals surface area (Å²) < 4.78 is -1.28. The fraction of sp³-hybridized carbons (Fsp3) is 0.833. The Bertz CT molecular complexity index is 517. The lowest BCUT2D eigenvalue weighted by Gasteiger charge is -2.53. The fourth-order valence-electron chi connectivity index (χ4n) is 5.96. The summed E-state index contributed by atoms with van der Waals surface area (Å²) in [5.74, 6) is 1.20. The van der Waals surface area contributed by atoms with Crippen molar-refractivity contribution in [2.24, 2.45) is 29.6 Å². The molecule has 4 saturated carbocycles. The van der Waals surface area contributed by atoms with E-state index in [1.54, 1.807) is 0 Å². The quantitative estimate of drug-likeness (QED) is 0.441. The summed E-state index contributed by atoms with van der Waals surface area (Å²) in [7, 11) is 0. The molecule has 0 aromatic rings. The van der Waals surface area contributed by atoms with Gasteiger partial charge >= 0.3 is 0 Å². The van der Waals surface area contributed by atoms with Crippen molar-refractivity contribution < 1.29 is 0 Å². The van der Waals surface area contributed by atoms with Gasteiger partial charge in [-0.15, -0.1) is 46.4 Å². The Labute approximate surface area is 135 Å². The minimum Gasteiger partial charge on any atom is -0.119 e. The third-order valence-electron chi connectivity index (χ3n) is 6.26. The van der Waals surface area contributed by atoms with E-state index in [1.807, 2.05) is 0 Å². The van der Waals surface area contributed by atoms with Crippen molar-refractivity contribution >= 4 is 69.6 Å². The van der Waals surface area contributed by atoms with Gasteiger partial charge in [0.2, 0.25) is 0 Å². The minimum atomic E-state index is -1.28. The van der Waals surface area contributed by atoms with E-state index < -0.39 is 24.3 Å². The van der Waals surface area contributed by atoms with Crippen LogP contribution < -0.4 is 0 Å². The van der Waals surface area contributed by atoms with Crippen LogP contribution in [-0.4, -0.2) is 24.3 Å². The first-order chi connectivity index (χ1) is 8.25. The zero-order valence-electron chi connectivity index (χ0n) is 8.89. The first-order valence-corrected chi connectivity index (χ1v) is 8.35. The van der Waals surface area contributed by atoms with E-state index in [4.69, 9.17) is 69.6 Å². The van der Waals surface area contributed by atoms with Gasteiger partial charge in [-0.3, -0.25) is 0 Å². The van der Waals surface area contributed by atoms with Crippen molar-refractivity contribution in [1.29, 1.82) is 0 Å². The van der Waals surface area contributed by atoms with Crippen LogP contribution in [0.15, 0.2) is 12.2 Å². The van der Waals surface area contributed by atoms with E-state index in [2.05, 4.69) is 12.2 Å². The molecule has 0 aromatic carbocycles. The molecule has 0 saturated heterocycles. The van der Waals surface area contributed by atoms with Gasteiger partial charge in [0.15, 0.2) is 4.33 Å². The first kappa shape index (κ1) is 12.1. The maximum Gasteiger partial charge on any atom is 0.160 e. The third kappa shape index (κ3) is 0.681.